The maximum Gasteiger partial charge on any atom is 0.306 e. The molecule has 3 nitrogen and oxygen atoms in total. The smallest absolute Gasteiger partial charge is 0.306 e. The molecule has 0 aromatic carbocycles. The van der Waals surface area contributed by atoms with E-state index in [2.05, 4.69) is 6.58 Å². The van der Waals surface area contributed by atoms with Crippen LogP contribution in [-0.4, -0.2) is 5.97 Å². The van der Waals surface area contributed by atoms with Gasteiger partial charge in [-0.05, 0) is 31.4 Å². The molecule has 0 bridgehead atoms. The summed E-state index contributed by atoms with van der Waals surface area (Å²) in [5.41, 5.74) is 0. The Balaban J connectivity index is 1.88. The summed E-state index contributed by atoms with van der Waals surface area (Å²) in [6, 6.07) is 3.59. The molecule has 0 aliphatic carbocycles. The normalized spacial score (nSPS) is 10.3. The standard InChI is InChI=1S/C16H24O3/c1-2-3-4-5-6-7-8-9-12-16(17)19-14-15-11-10-13-18-15/h2,10-11,13H,1,3-9,12,14H2. The van der Waals surface area contributed by atoms with Crippen molar-refractivity contribution in [3.05, 3.63) is 36.8 Å². The minimum atomic E-state index is -0.136. The minimum Gasteiger partial charge on any atom is -0.466 e. The van der Waals surface area contributed by atoms with Gasteiger partial charge in [-0.25, -0.2) is 0 Å². The number of allylic oxidation sites excluding steroid dienone is 1. The van der Waals surface area contributed by atoms with Crippen LogP contribution in [0.5, 0.6) is 0 Å². The number of rotatable bonds is 11. The van der Waals surface area contributed by atoms with Crippen LogP contribution >= 0.6 is 0 Å². The Kier molecular flexibility index (Phi) is 8.52. The molecule has 0 spiro atoms. The Bertz CT molecular complexity index is 341. The lowest BCUT2D eigenvalue weighted by Crippen LogP contribution is -2.03. The van der Waals surface area contributed by atoms with Gasteiger partial charge in [-0.3, -0.25) is 4.79 Å². The summed E-state index contributed by atoms with van der Waals surface area (Å²) in [7, 11) is 0. The molecule has 1 aromatic heterocycles. The maximum atomic E-state index is 11.4. The number of carbonyl (C=O) groups excluding carboxylic acids is 1. The van der Waals surface area contributed by atoms with Gasteiger partial charge < -0.3 is 9.15 Å². The quantitative estimate of drug-likeness (QED) is 0.332. The average Bonchev–Trinajstić information content (AvgIpc) is 2.93. The predicted molar refractivity (Wildman–Crippen MR) is 75.6 cm³/mol. The van der Waals surface area contributed by atoms with Crippen LogP contribution in [0.1, 0.15) is 57.1 Å². The maximum absolute atomic E-state index is 11.4. The average molecular weight is 264 g/mol. The lowest BCUT2D eigenvalue weighted by Gasteiger charge is -2.03. The van der Waals surface area contributed by atoms with E-state index in [1.54, 1.807) is 18.4 Å². The third kappa shape index (κ3) is 8.25. The highest BCUT2D eigenvalue weighted by Gasteiger charge is 2.04. The number of furan rings is 1. The second-order valence-electron chi connectivity index (χ2n) is 4.69. The molecule has 0 aliphatic rings. The van der Waals surface area contributed by atoms with Gasteiger partial charge in [-0.15, -0.1) is 6.58 Å². The summed E-state index contributed by atoms with van der Waals surface area (Å²) in [6.45, 7) is 3.95. The van der Waals surface area contributed by atoms with E-state index >= 15 is 0 Å². The van der Waals surface area contributed by atoms with Crippen LogP contribution in [0.2, 0.25) is 0 Å². The number of unbranched alkanes of at least 4 members (excludes halogenated alkanes) is 6. The van der Waals surface area contributed by atoms with E-state index in [1.807, 2.05) is 6.08 Å². The molecule has 1 rings (SSSR count). The van der Waals surface area contributed by atoms with Crippen molar-refractivity contribution >= 4 is 5.97 Å². The third-order valence-electron chi connectivity index (χ3n) is 2.99. The van der Waals surface area contributed by atoms with Gasteiger partial charge in [0.05, 0.1) is 6.26 Å². The number of esters is 1. The van der Waals surface area contributed by atoms with Crippen LogP contribution in [-0.2, 0) is 16.1 Å². The molecule has 0 saturated heterocycles. The zero-order valence-electron chi connectivity index (χ0n) is 11.6. The van der Waals surface area contributed by atoms with Crippen molar-refractivity contribution in [3.8, 4) is 0 Å². The van der Waals surface area contributed by atoms with E-state index in [4.69, 9.17) is 9.15 Å². The highest BCUT2D eigenvalue weighted by molar-refractivity contribution is 5.69. The summed E-state index contributed by atoms with van der Waals surface area (Å²) in [4.78, 5) is 11.4. The van der Waals surface area contributed by atoms with Crippen molar-refractivity contribution in [2.24, 2.45) is 0 Å². The second kappa shape index (κ2) is 10.4. The molecule has 1 heterocycles. The largest absolute Gasteiger partial charge is 0.466 e. The van der Waals surface area contributed by atoms with Gasteiger partial charge in [0, 0.05) is 6.42 Å². The Hall–Kier alpha value is -1.51. The molecule has 0 atom stereocenters. The summed E-state index contributed by atoms with van der Waals surface area (Å²) in [5.74, 6) is 0.554. The molecule has 0 fully saturated rings. The van der Waals surface area contributed by atoms with E-state index in [0.717, 1.165) is 19.3 Å². The number of hydrogen-bond donors (Lipinski definition) is 0. The van der Waals surface area contributed by atoms with Gasteiger partial charge in [-0.1, -0.05) is 31.8 Å². The van der Waals surface area contributed by atoms with Gasteiger partial charge in [0.25, 0.3) is 0 Å². The van der Waals surface area contributed by atoms with Crippen LogP contribution in [0.15, 0.2) is 35.5 Å². The Labute approximate surface area is 115 Å². The monoisotopic (exact) mass is 264 g/mol. The zero-order valence-corrected chi connectivity index (χ0v) is 11.6. The second-order valence-corrected chi connectivity index (χ2v) is 4.69. The lowest BCUT2D eigenvalue weighted by molar-refractivity contribution is -0.145. The first-order chi connectivity index (χ1) is 9.33. The molecule has 1 aromatic rings. The summed E-state index contributed by atoms with van der Waals surface area (Å²) < 4.78 is 10.2. The Morgan fingerprint density at radius 1 is 1.21 bits per heavy atom. The van der Waals surface area contributed by atoms with Crippen molar-refractivity contribution in [1.82, 2.24) is 0 Å². The summed E-state index contributed by atoms with van der Waals surface area (Å²) in [6.07, 6.45) is 12.1. The molecular weight excluding hydrogens is 240 g/mol. The van der Waals surface area contributed by atoms with Gasteiger partial charge in [0.2, 0.25) is 0 Å². The van der Waals surface area contributed by atoms with Crippen LogP contribution in [0.3, 0.4) is 0 Å². The molecule has 0 aliphatic heterocycles. The molecule has 0 amide bonds. The number of hydrogen-bond acceptors (Lipinski definition) is 3. The first-order valence-electron chi connectivity index (χ1n) is 7.12. The number of carbonyl (C=O) groups is 1. The third-order valence-corrected chi connectivity index (χ3v) is 2.99. The van der Waals surface area contributed by atoms with Gasteiger partial charge >= 0.3 is 5.97 Å². The van der Waals surface area contributed by atoms with E-state index in [-0.39, 0.29) is 12.6 Å². The topological polar surface area (TPSA) is 39.4 Å². The van der Waals surface area contributed by atoms with Crippen LogP contribution in [0.4, 0.5) is 0 Å². The molecule has 3 heteroatoms. The van der Waals surface area contributed by atoms with Crippen molar-refractivity contribution in [2.45, 2.75) is 58.0 Å². The fourth-order valence-electron chi connectivity index (χ4n) is 1.88. The fraction of sp³-hybridized carbons (Fsp3) is 0.562. The van der Waals surface area contributed by atoms with E-state index in [0.29, 0.717) is 12.2 Å². The molecule has 19 heavy (non-hydrogen) atoms. The molecule has 0 saturated carbocycles. The van der Waals surface area contributed by atoms with Gasteiger partial charge in [-0.2, -0.15) is 0 Å². The highest BCUT2D eigenvalue weighted by atomic mass is 16.5. The number of ether oxygens (including phenoxy) is 1. The summed E-state index contributed by atoms with van der Waals surface area (Å²) in [5, 5.41) is 0. The summed E-state index contributed by atoms with van der Waals surface area (Å²) >= 11 is 0. The van der Waals surface area contributed by atoms with E-state index in [1.165, 1.54) is 25.7 Å². The minimum absolute atomic E-state index is 0.136. The van der Waals surface area contributed by atoms with Gasteiger partial charge in [0.1, 0.15) is 12.4 Å². The van der Waals surface area contributed by atoms with Gasteiger partial charge in [0.15, 0.2) is 0 Å². The van der Waals surface area contributed by atoms with Crippen molar-refractivity contribution in [1.29, 1.82) is 0 Å². The Morgan fingerprint density at radius 2 is 1.95 bits per heavy atom. The van der Waals surface area contributed by atoms with Crippen molar-refractivity contribution < 1.29 is 13.9 Å². The predicted octanol–water partition coefficient (Wildman–Crippen LogP) is 4.63. The molecule has 0 unspecified atom stereocenters. The molecule has 0 radical (unpaired) electrons. The highest BCUT2D eigenvalue weighted by Crippen LogP contribution is 2.10. The van der Waals surface area contributed by atoms with E-state index in [9.17, 15) is 4.79 Å². The Morgan fingerprint density at radius 3 is 2.63 bits per heavy atom. The lowest BCUT2D eigenvalue weighted by atomic mass is 10.1. The first kappa shape index (κ1) is 15.5. The van der Waals surface area contributed by atoms with Crippen molar-refractivity contribution in [3.63, 3.8) is 0 Å². The molecular formula is C16H24O3. The zero-order chi connectivity index (χ0) is 13.8. The van der Waals surface area contributed by atoms with Crippen molar-refractivity contribution in [2.75, 3.05) is 0 Å². The van der Waals surface area contributed by atoms with Crippen LogP contribution in [0, 0.1) is 0 Å². The van der Waals surface area contributed by atoms with Crippen LogP contribution in [0.25, 0.3) is 0 Å². The van der Waals surface area contributed by atoms with E-state index < -0.39 is 0 Å². The molecule has 106 valence electrons. The fourth-order valence-corrected chi connectivity index (χ4v) is 1.88. The first-order valence-corrected chi connectivity index (χ1v) is 7.12. The molecule has 0 N–H and O–H groups in total. The van der Waals surface area contributed by atoms with Crippen LogP contribution < -0.4 is 0 Å². The SMILES string of the molecule is C=CCCCCCCCCC(=O)OCc1ccco1.